The quantitative estimate of drug-likeness (QED) is 0.878. The Hall–Kier alpha value is -2.00. The largest absolute Gasteiger partial charge is 0.384 e. The Balaban J connectivity index is 1.77. The molecule has 3 nitrogen and oxygen atoms in total. The highest BCUT2D eigenvalue weighted by atomic mass is 35.5. The summed E-state index contributed by atoms with van der Waals surface area (Å²) < 4.78 is 0. The molecule has 0 bridgehead atoms. The summed E-state index contributed by atoms with van der Waals surface area (Å²) in [6.07, 6.45) is 1.000. The fourth-order valence-electron chi connectivity index (χ4n) is 2.19. The van der Waals surface area contributed by atoms with E-state index in [0.717, 1.165) is 24.3 Å². The summed E-state index contributed by atoms with van der Waals surface area (Å²) in [5, 5.41) is 6.81. The number of carbonyl (C=O) groups is 1. The Morgan fingerprint density at radius 1 is 1.16 bits per heavy atom. The van der Waals surface area contributed by atoms with Crippen LogP contribution in [0.2, 0.25) is 5.02 Å². The van der Waals surface area contributed by atoms with Crippen molar-refractivity contribution >= 4 is 28.9 Å². The molecule has 0 unspecified atom stereocenters. The number of hydrogen-bond acceptors (Lipinski definition) is 2. The van der Waals surface area contributed by atoms with Crippen LogP contribution in [0.5, 0.6) is 0 Å². The van der Waals surface area contributed by atoms with Crippen LogP contribution < -0.4 is 10.6 Å². The summed E-state index contributed by atoms with van der Waals surface area (Å²) in [4.78, 5) is 12.1. The average Bonchev–Trinajstić information content (AvgIpc) is 2.87. The van der Waals surface area contributed by atoms with Gasteiger partial charge in [0.2, 0.25) is 0 Å². The third-order valence-corrected chi connectivity index (χ3v) is 3.43. The van der Waals surface area contributed by atoms with Gasteiger partial charge in [0.15, 0.2) is 0 Å². The van der Waals surface area contributed by atoms with Gasteiger partial charge in [-0.15, -0.1) is 0 Å². The Bertz CT molecular complexity index is 623. The van der Waals surface area contributed by atoms with E-state index >= 15 is 0 Å². The normalized spacial score (nSPS) is 12.7. The minimum atomic E-state index is -0.123. The lowest BCUT2D eigenvalue weighted by Gasteiger charge is -2.07. The van der Waals surface area contributed by atoms with Gasteiger partial charge in [0.25, 0.3) is 5.91 Å². The highest BCUT2D eigenvalue weighted by Crippen LogP contribution is 2.25. The molecule has 19 heavy (non-hydrogen) atoms. The SMILES string of the molecule is O=C(Nc1ccc2c(c1)CCN2)c1ccc(Cl)cc1. The second kappa shape index (κ2) is 4.94. The molecule has 2 aromatic carbocycles. The maximum absolute atomic E-state index is 12.1. The molecule has 0 aromatic heterocycles. The number of anilines is 2. The monoisotopic (exact) mass is 272 g/mol. The summed E-state index contributed by atoms with van der Waals surface area (Å²) in [6.45, 7) is 0.962. The first-order valence-corrected chi connectivity index (χ1v) is 6.54. The van der Waals surface area contributed by atoms with Crippen LogP contribution in [0.4, 0.5) is 11.4 Å². The number of rotatable bonds is 2. The molecule has 0 saturated heterocycles. The maximum atomic E-state index is 12.1. The van der Waals surface area contributed by atoms with Crippen LogP contribution in [0.3, 0.4) is 0 Å². The molecule has 0 radical (unpaired) electrons. The van der Waals surface area contributed by atoms with Gasteiger partial charge in [0.1, 0.15) is 0 Å². The summed E-state index contributed by atoms with van der Waals surface area (Å²) in [7, 11) is 0. The fourth-order valence-corrected chi connectivity index (χ4v) is 2.31. The first-order chi connectivity index (χ1) is 9.22. The van der Waals surface area contributed by atoms with Crippen molar-refractivity contribution in [3.8, 4) is 0 Å². The van der Waals surface area contributed by atoms with Gasteiger partial charge >= 0.3 is 0 Å². The van der Waals surface area contributed by atoms with Crippen molar-refractivity contribution < 1.29 is 4.79 Å². The molecule has 1 heterocycles. The van der Waals surface area contributed by atoms with E-state index in [0.29, 0.717) is 10.6 Å². The molecule has 0 fully saturated rings. The van der Waals surface area contributed by atoms with Gasteiger partial charge in [0.05, 0.1) is 0 Å². The van der Waals surface area contributed by atoms with E-state index in [1.807, 2.05) is 18.2 Å². The van der Waals surface area contributed by atoms with E-state index in [1.54, 1.807) is 24.3 Å². The number of hydrogen-bond donors (Lipinski definition) is 2. The lowest BCUT2D eigenvalue weighted by molar-refractivity contribution is 0.102. The Kier molecular flexibility index (Phi) is 3.13. The van der Waals surface area contributed by atoms with Crippen LogP contribution in [0, 0.1) is 0 Å². The summed E-state index contributed by atoms with van der Waals surface area (Å²) in [6, 6.07) is 12.8. The van der Waals surface area contributed by atoms with Crippen molar-refractivity contribution in [2.45, 2.75) is 6.42 Å². The van der Waals surface area contributed by atoms with E-state index < -0.39 is 0 Å². The summed E-state index contributed by atoms with van der Waals surface area (Å²) in [5.74, 6) is -0.123. The number of nitrogens with one attached hydrogen (secondary N) is 2. The molecule has 2 N–H and O–H groups in total. The van der Waals surface area contributed by atoms with E-state index in [-0.39, 0.29) is 5.91 Å². The third kappa shape index (κ3) is 2.56. The minimum absolute atomic E-state index is 0.123. The molecule has 0 aliphatic carbocycles. The second-order valence-electron chi connectivity index (χ2n) is 4.51. The predicted molar refractivity (Wildman–Crippen MR) is 78.0 cm³/mol. The zero-order valence-corrected chi connectivity index (χ0v) is 11.0. The molecule has 3 rings (SSSR count). The van der Waals surface area contributed by atoms with Crippen molar-refractivity contribution in [2.24, 2.45) is 0 Å². The molecule has 1 aliphatic rings. The van der Waals surface area contributed by atoms with Crippen molar-refractivity contribution in [2.75, 3.05) is 17.2 Å². The summed E-state index contributed by atoms with van der Waals surface area (Å²) in [5.41, 5.74) is 3.82. The smallest absolute Gasteiger partial charge is 0.255 e. The highest BCUT2D eigenvalue weighted by molar-refractivity contribution is 6.30. The first-order valence-electron chi connectivity index (χ1n) is 6.16. The van der Waals surface area contributed by atoms with E-state index in [9.17, 15) is 4.79 Å². The molecule has 2 aromatic rings. The van der Waals surface area contributed by atoms with Crippen molar-refractivity contribution in [1.82, 2.24) is 0 Å². The minimum Gasteiger partial charge on any atom is -0.384 e. The van der Waals surface area contributed by atoms with Gasteiger partial charge in [-0.2, -0.15) is 0 Å². The van der Waals surface area contributed by atoms with Gasteiger partial charge in [-0.1, -0.05) is 11.6 Å². The molecule has 96 valence electrons. The zero-order chi connectivity index (χ0) is 13.2. The molecule has 0 spiro atoms. The van der Waals surface area contributed by atoms with E-state index in [4.69, 9.17) is 11.6 Å². The molecular formula is C15H13ClN2O. The molecule has 0 atom stereocenters. The fraction of sp³-hybridized carbons (Fsp3) is 0.133. The first kappa shape index (κ1) is 12.1. The predicted octanol–water partition coefficient (Wildman–Crippen LogP) is 3.56. The standard InChI is InChI=1S/C15H13ClN2O/c16-12-3-1-10(2-4-12)15(19)18-13-5-6-14-11(9-13)7-8-17-14/h1-6,9,17H,7-8H2,(H,18,19). The van der Waals surface area contributed by atoms with Crippen LogP contribution >= 0.6 is 11.6 Å². The summed E-state index contributed by atoms with van der Waals surface area (Å²) >= 11 is 5.80. The molecule has 4 heteroatoms. The zero-order valence-electron chi connectivity index (χ0n) is 10.2. The molecule has 1 aliphatic heterocycles. The van der Waals surface area contributed by atoms with Gasteiger partial charge in [-0.05, 0) is 54.4 Å². The highest BCUT2D eigenvalue weighted by Gasteiger charge is 2.11. The Morgan fingerprint density at radius 2 is 1.95 bits per heavy atom. The van der Waals surface area contributed by atoms with Crippen LogP contribution in [0.25, 0.3) is 0 Å². The average molecular weight is 273 g/mol. The number of benzene rings is 2. The lowest BCUT2D eigenvalue weighted by Crippen LogP contribution is -2.11. The lowest BCUT2D eigenvalue weighted by atomic mass is 10.1. The number of amides is 1. The van der Waals surface area contributed by atoms with Gasteiger partial charge in [-0.25, -0.2) is 0 Å². The molecular weight excluding hydrogens is 260 g/mol. The van der Waals surface area contributed by atoms with Gasteiger partial charge < -0.3 is 10.6 Å². The van der Waals surface area contributed by atoms with Crippen LogP contribution in [-0.4, -0.2) is 12.5 Å². The molecule has 1 amide bonds. The maximum Gasteiger partial charge on any atom is 0.255 e. The van der Waals surface area contributed by atoms with E-state index in [2.05, 4.69) is 10.6 Å². The Morgan fingerprint density at radius 3 is 2.74 bits per heavy atom. The number of halogens is 1. The van der Waals surface area contributed by atoms with Crippen molar-refractivity contribution in [3.05, 3.63) is 58.6 Å². The van der Waals surface area contributed by atoms with Crippen molar-refractivity contribution in [3.63, 3.8) is 0 Å². The van der Waals surface area contributed by atoms with Crippen LogP contribution in [0.1, 0.15) is 15.9 Å². The van der Waals surface area contributed by atoms with Crippen molar-refractivity contribution in [1.29, 1.82) is 0 Å². The topological polar surface area (TPSA) is 41.1 Å². The Labute approximate surface area is 116 Å². The van der Waals surface area contributed by atoms with Gasteiger partial charge in [0, 0.05) is 28.5 Å². The second-order valence-corrected chi connectivity index (χ2v) is 4.95. The van der Waals surface area contributed by atoms with E-state index in [1.165, 1.54) is 5.56 Å². The number of carbonyl (C=O) groups excluding carboxylic acids is 1. The number of fused-ring (bicyclic) bond motifs is 1. The van der Waals surface area contributed by atoms with Crippen LogP contribution in [-0.2, 0) is 6.42 Å². The van der Waals surface area contributed by atoms with Crippen LogP contribution in [0.15, 0.2) is 42.5 Å². The van der Waals surface area contributed by atoms with Gasteiger partial charge in [-0.3, -0.25) is 4.79 Å². The molecule has 0 saturated carbocycles. The third-order valence-electron chi connectivity index (χ3n) is 3.18.